The normalized spacial score (nSPS) is 15.2. The number of benzene rings is 1. The molecule has 1 aliphatic heterocycles. The highest BCUT2D eigenvalue weighted by Crippen LogP contribution is 2.26. The second kappa shape index (κ2) is 7.93. The van der Waals surface area contributed by atoms with Crippen LogP contribution >= 0.6 is 22.9 Å². The van der Waals surface area contributed by atoms with Crippen LogP contribution in [0.1, 0.15) is 25.0 Å². The summed E-state index contributed by atoms with van der Waals surface area (Å²) in [6, 6.07) is 7.61. The maximum absolute atomic E-state index is 12.5. The average molecular weight is 417 g/mol. The van der Waals surface area contributed by atoms with Gasteiger partial charge in [-0.05, 0) is 31.4 Å². The van der Waals surface area contributed by atoms with Gasteiger partial charge in [0, 0.05) is 53.3 Å². The smallest absolute Gasteiger partial charge is 0.222 e. The number of amides is 2. The molecule has 3 heterocycles. The number of rotatable bonds is 5. The second-order valence-corrected chi connectivity index (χ2v) is 8.34. The average Bonchev–Trinajstić information content (AvgIpc) is 3.28. The molecule has 0 spiro atoms. The fourth-order valence-electron chi connectivity index (χ4n) is 3.58. The standard InChI is InChI=1S/C20H21ClN4O2S/c21-15-3-1-13(2-4-15)17-11-25-16(12-28-20(25)23-17)5-6-18(26)24-9-7-14(8-10-24)19(22)27/h1-4,11-12,14H,5-10H2,(H2,22,27). The number of nitrogens with two attached hydrogens (primary N) is 1. The number of imidazole rings is 1. The Bertz CT molecular complexity index is 1000. The number of primary amides is 1. The molecule has 4 rings (SSSR count). The molecule has 0 unspecified atom stereocenters. The van der Waals surface area contributed by atoms with Crippen molar-refractivity contribution in [2.75, 3.05) is 13.1 Å². The van der Waals surface area contributed by atoms with Crippen LogP contribution < -0.4 is 5.73 Å². The number of hydrogen-bond donors (Lipinski definition) is 1. The third kappa shape index (κ3) is 3.91. The largest absolute Gasteiger partial charge is 0.369 e. The lowest BCUT2D eigenvalue weighted by atomic mass is 9.96. The van der Waals surface area contributed by atoms with Gasteiger partial charge in [0.05, 0.1) is 5.69 Å². The van der Waals surface area contributed by atoms with Gasteiger partial charge >= 0.3 is 0 Å². The molecule has 2 aromatic heterocycles. The predicted octanol–water partition coefficient (Wildman–Crippen LogP) is 3.37. The molecule has 8 heteroatoms. The summed E-state index contributed by atoms with van der Waals surface area (Å²) in [5.41, 5.74) is 8.34. The number of thiazole rings is 1. The minimum Gasteiger partial charge on any atom is -0.369 e. The third-order valence-corrected chi connectivity index (χ3v) is 6.41. The first kappa shape index (κ1) is 19.0. The van der Waals surface area contributed by atoms with E-state index in [1.165, 1.54) is 0 Å². The number of hydrogen-bond acceptors (Lipinski definition) is 4. The number of halogens is 1. The molecule has 0 aliphatic carbocycles. The van der Waals surface area contributed by atoms with E-state index in [-0.39, 0.29) is 17.7 Å². The van der Waals surface area contributed by atoms with E-state index in [4.69, 9.17) is 17.3 Å². The lowest BCUT2D eigenvalue weighted by molar-refractivity contribution is -0.134. The third-order valence-electron chi connectivity index (χ3n) is 5.27. The molecule has 6 nitrogen and oxygen atoms in total. The number of aromatic nitrogens is 2. The van der Waals surface area contributed by atoms with E-state index in [0.29, 0.717) is 43.8 Å². The second-order valence-electron chi connectivity index (χ2n) is 7.07. The Morgan fingerprint density at radius 3 is 2.61 bits per heavy atom. The molecule has 0 saturated carbocycles. The molecular weight excluding hydrogens is 396 g/mol. The minimum atomic E-state index is -0.260. The molecule has 146 valence electrons. The predicted molar refractivity (Wildman–Crippen MR) is 110 cm³/mol. The van der Waals surface area contributed by atoms with E-state index in [9.17, 15) is 9.59 Å². The Balaban J connectivity index is 1.40. The van der Waals surface area contributed by atoms with Crippen LogP contribution in [0, 0.1) is 5.92 Å². The number of likely N-dealkylation sites (tertiary alicyclic amines) is 1. The van der Waals surface area contributed by atoms with Gasteiger partial charge in [0.2, 0.25) is 11.8 Å². The number of fused-ring (bicyclic) bond motifs is 1. The monoisotopic (exact) mass is 416 g/mol. The van der Waals surface area contributed by atoms with Crippen molar-refractivity contribution in [3.05, 3.63) is 46.6 Å². The molecule has 0 atom stereocenters. The van der Waals surface area contributed by atoms with Crippen LogP contribution in [-0.4, -0.2) is 39.2 Å². The first-order valence-corrected chi connectivity index (χ1v) is 10.6. The van der Waals surface area contributed by atoms with Gasteiger partial charge in [0.1, 0.15) is 0 Å². The van der Waals surface area contributed by atoms with Crippen molar-refractivity contribution in [3.8, 4) is 11.3 Å². The number of carbonyl (C=O) groups is 2. The fraction of sp³-hybridized carbons (Fsp3) is 0.350. The topological polar surface area (TPSA) is 80.7 Å². The van der Waals surface area contributed by atoms with E-state index < -0.39 is 0 Å². The lowest BCUT2D eigenvalue weighted by Crippen LogP contribution is -2.41. The molecule has 1 fully saturated rings. The Hall–Kier alpha value is -2.38. The van der Waals surface area contributed by atoms with Crippen molar-refractivity contribution in [1.29, 1.82) is 0 Å². The molecule has 1 aromatic carbocycles. The highest BCUT2D eigenvalue weighted by Gasteiger charge is 2.25. The molecule has 28 heavy (non-hydrogen) atoms. The summed E-state index contributed by atoms with van der Waals surface area (Å²) < 4.78 is 2.06. The molecular formula is C20H21ClN4O2S. The number of aryl methyl sites for hydroxylation is 1. The molecule has 1 aliphatic rings. The van der Waals surface area contributed by atoms with Gasteiger partial charge in [0.15, 0.2) is 4.96 Å². The van der Waals surface area contributed by atoms with Crippen LogP contribution in [0.5, 0.6) is 0 Å². The summed E-state index contributed by atoms with van der Waals surface area (Å²) >= 11 is 7.53. The van der Waals surface area contributed by atoms with Crippen LogP contribution in [0.15, 0.2) is 35.8 Å². The summed E-state index contributed by atoms with van der Waals surface area (Å²) in [6.07, 6.45) is 4.44. The zero-order valence-electron chi connectivity index (χ0n) is 15.3. The van der Waals surface area contributed by atoms with Crippen LogP contribution in [-0.2, 0) is 16.0 Å². The van der Waals surface area contributed by atoms with Gasteiger partial charge < -0.3 is 10.6 Å². The Morgan fingerprint density at radius 1 is 1.21 bits per heavy atom. The zero-order valence-corrected chi connectivity index (χ0v) is 16.9. The summed E-state index contributed by atoms with van der Waals surface area (Å²) in [4.78, 5) is 31.2. The van der Waals surface area contributed by atoms with Crippen molar-refractivity contribution in [1.82, 2.24) is 14.3 Å². The van der Waals surface area contributed by atoms with Crippen molar-refractivity contribution >= 4 is 39.7 Å². The molecule has 2 amide bonds. The highest BCUT2D eigenvalue weighted by atomic mass is 35.5. The summed E-state index contributed by atoms with van der Waals surface area (Å²) in [7, 11) is 0. The van der Waals surface area contributed by atoms with Crippen LogP contribution in [0.25, 0.3) is 16.2 Å². The number of nitrogens with zero attached hydrogens (tertiary/aromatic N) is 3. The van der Waals surface area contributed by atoms with E-state index in [1.54, 1.807) is 11.3 Å². The highest BCUT2D eigenvalue weighted by molar-refractivity contribution is 7.15. The quantitative estimate of drug-likeness (QED) is 0.692. The Morgan fingerprint density at radius 2 is 1.93 bits per heavy atom. The first-order chi connectivity index (χ1) is 13.5. The summed E-state index contributed by atoms with van der Waals surface area (Å²) in [6.45, 7) is 1.22. The van der Waals surface area contributed by atoms with Crippen LogP contribution in [0.4, 0.5) is 0 Å². The zero-order chi connectivity index (χ0) is 19.7. The van der Waals surface area contributed by atoms with E-state index in [1.807, 2.05) is 35.4 Å². The van der Waals surface area contributed by atoms with Gasteiger partial charge in [-0.1, -0.05) is 23.7 Å². The molecule has 3 aromatic rings. The van der Waals surface area contributed by atoms with E-state index >= 15 is 0 Å². The summed E-state index contributed by atoms with van der Waals surface area (Å²) in [5.74, 6) is -0.234. The Kier molecular flexibility index (Phi) is 5.37. The van der Waals surface area contributed by atoms with E-state index in [2.05, 4.69) is 14.8 Å². The SMILES string of the molecule is NC(=O)C1CCN(C(=O)CCc2csc3nc(-c4ccc(Cl)cc4)cn23)CC1. The number of carbonyl (C=O) groups excluding carboxylic acids is 2. The van der Waals surface area contributed by atoms with Gasteiger partial charge in [-0.25, -0.2) is 4.98 Å². The van der Waals surface area contributed by atoms with Crippen molar-refractivity contribution in [2.24, 2.45) is 11.7 Å². The number of piperidine rings is 1. The first-order valence-electron chi connectivity index (χ1n) is 9.30. The maximum atomic E-state index is 12.5. The summed E-state index contributed by atoms with van der Waals surface area (Å²) in [5, 5.41) is 2.75. The van der Waals surface area contributed by atoms with Gasteiger partial charge in [-0.15, -0.1) is 11.3 Å². The maximum Gasteiger partial charge on any atom is 0.222 e. The molecule has 0 radical (unpaired) electrons. The lowest BCUT2D eigenvalue weighted by Gasteiger charge is -2.30. The molecule has 1 saturated heterocycles. The van der Waals surface area contributed by atoms with Crippen molar-refractivity contribution < 1.29 is 9.59 Å². The van der Waals surface area contributed by atoms with Crippen molar-refractivity contribution in [2.45, 2.75) is 25.7 Å². The van der Waals surface area contributed by atoms with Crippen LogP contribution in [0.3, 0.4) is 0 Å². The molecule has 0 bridgehead atoms. The Labute approximate surface area is 171 Å². The fourth-order valence-corrected chi connectivity index (χ4v) is 4.61. The van der Waals surface area contributed by atoms with Gasteiger partial charge in [0.25, 0.3) is 0 Å². The van der Waals surface area contributed by atoms with Crippen LogP contribution in [0.2, 0.25) is 5.02 Å². The molecule has 2 N–H and O–H groups in total. The minimum absolute atomic E-state index is 0.0993. The van der Waals surface area contributed by atoms with Gasteiger partial charge in [-0.2, -0.15) is 0 Å². The van der Waals surface area contributed by atoms with Gasteiger partial charge in [-0.3, -0.25) is 14.0 Å². The van der Waals surface area contributed by atoms with E-state index in [0.717, 1.165) is 21.9 Å². The van der Waals surface area contributed by atoms with Crippen molar-refractivity contribution in [3.63, 3.8) is 0 Å².